The first-order chi connectivity index (χ1) is 14.7. The maximum Gasteiger partial charge on any atom is 0.322 e. The summed E-state index contributed by atoms with van der Waals surface area (Å²) >= 11 is 4.53. The highest BCUT2D eigenvalue weighted by Gasteiger charge is 2.47. The molecular formula is C21H26F2N6OS. The number of halogens is 2. The van der Waals surface area contributed by atoms with Crippen LogP contribution in [0.1, 0.15) is 33.2 Å². The molecular weight excluding hydrogens is 422 g/mol. The molecule has 31 heavy (non-hydrogen) atoms. The fraction of sp³-hybridized carbons (Fsp3) is 0.476. The molecule has 5 rings (SSSR count). The number of aromatic nitrogens is 3. The molecule has 7 nitrogen and oxygen atoms in total. The molecule has 2 N–H and O–H groups in total. The van der Waals surface area contributed by atoms with Crippen LogP contribution in [0.3, 0.4) is 0 Å². The summed E-state index contributed by atoms with van der Waals surface area (Å²) in [5, 5.41) is 16.4. The molecule has 3 aliphatic rings. The SMILES string of the molecule is CC(=N)/C=C(\S)N1CC2C[C@@H](C1)[C@@H]2Nc1nc(Oc2cc(F)cc(F)c2)n(C(C)C)n1. The van der Waals surface area contributed by atoms with Gasteiger partial charge in [0.25, 0.3) is 0 Å². The second kappa shape index (κ2) is 8.49. The molecule has 1 aromatic heterocycles. The highest BCUT2D eigenvalue weighted by Crippen LogP contribution is 2.43. The minimum absolute atomic E-state index is 0.0316. The van der Waals surface area contributed by atoms with Gasteiger partial charge in [-0.15, -0.1) is 17.7 Å². The number of nitrogens with zero attached hydrogens (tertiary/aromatic N) is 4. The summed E-state index contributed by atoms with van der Waals surface area (Å²) in [7, 11) is 0. The quantitative estimate of drug-likeness (QED) is 0.430. The zero-order valence-electron chi connectivity index (χ0n) is 17.6. The van der Waals surface area contributed by atoms with E-state index in [1.165, 1.54) is 0 Å². The largest absolute Gasteiger partial charge is 0.424 e. The van der Waals surface area contributed by atoms with Crippen molar-refractivity contribution >= 4 is 24.3 Å². The van der Waals surface area contributed by atoms with Crippen molar-refractivity contribution in [2.45, 2.75) is 39.3 Å². The predicted octanol–water partition coefficient (Wildman–Crippen LogP) is 4.47. The number of hydrogen-bond acceptors (Lipinski definition) is 7. The smallest absolute Gasteiger partial charge is 0.322 e. The number of allylic oxidation sites excluding steroid dienone is 1. The highest BCUT2D eigenvalue weighted by atomic mass is 32.1. The van der Waals surface area contributed by atoms with Crippen molar-refractivity contribution in [3.05, 3.63) is 40.9 Å². The maximum atomic E-state index is 13.5. The van der Waals surface area contributed by atoms with Crippen LogP contribution in [0.5, 0.6) is 11.8 Å². The molecule has 2 aromatic rings. The molecule has 0 amide bonds. The van der Waals surface area contributed by atoms with E-state index in [-0.39, 0.29) is 23.8 Å². The monoisotopic (exact) mass is 448 g/mol. The Morgan fingerprint density at radius 1 is 1.26 bits per heavy atom. The van der Waals surface area contributed by atoms with Crippen LogP contribution in [0.25, 0.3) is 0 Å². The van der Waals surface area contributed by atoms with E-state index in [9.17, 15) is 8.78 Å². The van der Waals surface area contributed by atoms with Gasteiger partial charge in [-0.05, 0) is 45.1 Å². The van der Waals surface area contributed by atoms with E-state index in [0.717, 1.165) is 42.7 Å². The second-order valence-electron chi connectivity index (χ2n) is 8.48. The fourth-order valence-corrected chi connectivity index (χ4v) is 4.57. The third-order valence-corrected chi connectivity index (χ3v) is 6.04. The van der Waals surface area contributed by atoms with Gasteiger partial charge in [0.15, 0.2) is 0 Å². The van der Waals surface area contributed by atoms with Gasteiger partial charge < -0.3 is 20.4 Å². The van der Waals surface area contributed by atoms with Crippen molar-refractivity contribution in [3.8, 4) is 11.8 Å². The van der Waals surface area contributed by atoms with Crippen LogP contribution < -0.4 is 10.1 Å². The van der Waals surface area contributed by atoms with E-state index < -0.39 is 11.6 Å². The average molecular weight is 449 g/mol. The Morgan fingerprint density at radius 3 is 2.48 bits per heavy atom. The molecule has 1 unspecified atom stereocenters. The molecule has 1 aromatic carbocycles. The number of benzene rings is 1. The molecule has 0 radical (unpaired) electrons. The van der Waals surface area contributed by atoms with Crippen molar-refractivity contribution in [1.82, 2.24) is 19.7 Å². The lowest BCUT2D eigenvalue weighted by molar-refractivity contribution is 0.0362. The van der Waals surface area contributed by atoms with Crippen molar-refractivity contribution < 1.29 is 13.5 Å². The van der Waals surface area contributed by atoms with Crippen LogP contribution in [0, 0.1) is 28.9 Å². The lowest BCUT2D eigenvalue weighted by Gasteiger charge is -2.54. The van der Waals surface area contributed by atoms with E-state index >= 15 is 0 Å². The summed E-state index contributed by atoms with van der Waals surface area (Å²) in [6.07, 6.45) is 2.89. The zero-order valence-corrected chi connectivity index (χ0v) is 18.5. The van der Waals surface area contributed by atoms with E-state index in [1.807, 2.05) is 13.8 Å². The lowest BCUT2D eigenvalue weighted by Crippen LogP contribution is -2.60. The summed E-state index contributed by atoms with van der Waals surface area (Å²) in [5.41, 5.74) is 0.480. The van der Waals surface area contributed by atoms with Crippen molar-refractivity contribution in [2.75, 3.05) is 18.4 Å². The standard InChI is InChI=1S/C21H26F2N6OS/c1-11(2)29-21(30-17-7-15(22)6-16(23)8-17)26-20(27-29)25-19-13-5-14(19)10-28(9-13)18(31)4-12(3)24/h4,6-8,11,13-14,19,24,31H,5,9-10H2,1-3H3,(H,25,27)/b18-4-,24-12?/t13-,14?,19-/m0/s1. The summed E-state index contributed by atoms with van der Waals surface area (Å²) in [5.74, 6) is -0.117. The first kappa shape index (κ1) is 21.6. The number of fused-ring (bicyclic) bond motifs is 2. The molecule has 10 heteroatoms. The van der Waals surface area contributed by atoms with Gasteiger partial charge in [-0.2, -0.15) is 4.98 Å². The van der Waals surface area contributed by atoms with Crippen LogP contribution in [0.2, 0.25) is 0 Å². The summed E-state index contributed by atoms with van der Waals surface area (Å²) in [6.45, 7) is 7.31. The molecule has 2 aliphatic heterocycles. The summed E-state index contributed by atoms with van der Waals surface area (Å²) < 4.78 is 34.3. The Balaban J connectivity index is 1.47. The maximum absolute atomic E-state index is 13.5. The van der Waals surface area contributed by atoms with E-state index in [2.05, 4.69) is 32.9 Å². The molecule has 2 saturated heterocycles. The number of hydrogen-bond donors (Lipinski definition) is 3. The number of rotatable bonds is 7. The Bertz CT molecular complexity index is 991. The number of piperidine rings is 2. The Morgan fingerprint density at radius 2 is 1.90 bits per heavy atom. The van der Waals surface area contributed by atoms with Gasteiger partial charge in [0.2, 0.25) is 5.95 Å². The Kier molecular flexibility index (Phi) is 5.92. The average Bonchev–Trinajstić information content (AvgIpc) is 3.07. The van der Waals surface area contributed by atoms with Crippen molar-refractivity contribution in [2.24, 2.45) is 11.8 Å². The number of anilines is 1. The first-order valence-corrected chi connectivity index (χ1v) is 10.7. The van der Waals surface area contributed by atoms with Gasteiger partial charge in [-0.1, -0.05) is 0 Å². The highest BCUT2D eigenvalue weighted by molar-refractivity contribution is 7.84. The number of thiol groups is 1. The van der Waals surface area contributed by atoms with Crippen LogP contribution in [0.15, 0.2) is 29.3 Å². The molecule has 3 fully saturated rings. The van der Waals surface area contributed by atoms with Crippen LogP contribution in [-0.4, -0.2) is 44.5 Å². The first-order valence-electron chi connectivity index (χ1n) is 10.3. The predicted molar refractivity (Wildman–Crippen MR) is 118 cm³/mol. The minimum Gasteiger partial charge on any atom is -0.424 e. The summed E-state index contributed by atoms with van der Waals surface area (Å²) in [6, 6.07) is 3.38. The molecule has 2 bridgehead atoms. The third kappa shape index (κ3) is 4.68. The van der Waals surface area contributed by atoms with Crippen LogP contribution in [0.4, 0.5) is 14.7 Å². The minimum atomic E-state index is -0.716. The third-order valence-electron chi connectivity index (χ3n) is 5.63. The molecule has 3 heterocycles. The van der Waals surface area contributed by atoms with Crippen molar-refractivity contribution in [3.63, 3.8) is 0 Å². The van der Waals surface area contributed by atoms with Crippen LogP contribution in [-0.2, 0) is 0 Å². The fourth-order valence-electron chi connectivity index (χ4n) is 4.21. The van der Waals surface area contributed by atoms with E-state index in [4.69, 9.17) is 10.1 Å². The second-order valence-corrected chi connectivity index (χ2v) is 8.94. The van der Waals surface area contributed by atoms with Crippen LogP contribution >= 0.6 is 12.6 Å². The van der Waals surface area contributed by atoms with Gasteiger partial charge in [0, 0.05) is 43.0 Å². The van der Waals surface area contributed by atoms with Gasteiger partial charge >= 0.3 is 6.01 Å². The van der Waals surface area contributed by atoms with Crippen molar-refractivity contribution in [1.29, 1.82) is 5.41 Å². The molecule has 0 spiro atoms. The lowest BCUT2D eigenvalue weighted by atomic mass is 9.66. The summed E-state index contributed by atoms with van der Waals surface area (Å²) in [4.78, 5) is 6.63. The Hall–Kier alpha value is -2.62. The molecule has 166 valence electrons. The van der Waals surface area contributed by atoms with Gasteiger partial charge in [-0.25, -0.2) is 13.5 Å². The van der Waals surface area contributed by atoms with E-state index in [1.54, 1.807) is 17.7 Å². The molecule has 1 saturated carbocycles. The van der Waals surface area contributed by atoms with Gasteiger partial charge in [0.05, 0.1) is 11.1 Å². The number of ether oxygens (including phenoxy) is 1. The normalized spacial score (nSPS) is 23.0. The van der Waals surface area contributed by atoms with Gasteiger partial charge in [-0.3, -0.25) is 0 Å². The van der Waals surface area contributed by atoms with E-state index in [0.29, 0.717) is 23.5 Å². The number of nitrogens with one attached hydrogen (secondary N) is 2. The molecule has 1 aliphatic carbocycles. The molecule has 3 atom stereocenters. The zero-order chi connectivity index (χ0) is 22.3. The topological polar surface area (TPSA) is 79.1 Å². The van der Waals surface area contributed by atoms with Gasteiger partial charge in [0.1, 0.15) is 17.4 Å². The Labute approximate surface area is 185 Å².